The van der Waals surface area contributed by atoms with E-state index in [9.17, 15) is 13.6 Å². The highest BCUT2D eigenvalue weighted by Crippen LogP contribution is 2.23. The average molecular weight is 340 g/mol. The van der Waals surface area contributed by atoms with Crippen molar-refractivity contribution in [3.05, 3.63) is 29.8 Å². The van der Waals surface area contributed by atoms with Crippen molar-refractivity contribution in [2.45, 2.75) is 25.6 Å². The number of hydrogen-bond acceptors (Lipinski definition) is 4. The van der Waals surface area contributed by atoms with Crippen molar-refractivity contribution in [2.75, 3.05) is 39.3 Å². The molecule has 1 unspecified atom stereocenters. The van der Waals surface area contributed by atoms with Gasteiger partial charge in [0.25, 0.3) is 5.91 Å². The predicted molar refractivity (Wildman–Crippen MR) is 84.4 cm³/mol. The summed E-state index contributed by atoms with van der Waals surface area (Å²) in [5.74, 6) is -0.331. The van der Waals surface area contributed by atoms with Gasteiger partial charge in [-0.05, 0) is 25.0 Å². The highest BCUT2D eigenvalue weighted by molar-refractivity contribution is 5.97. The predicted octanol–water partition coefficient (Wildman–Crippen LogP) is 2.22. The minimum Gasteiger partial charge on any atom is -0.434 e. The second-order valence-corrected chi connectivity index (χ2v) is 6.10. The molecule has 7 heteroatoms. The minimum absolute atomic E-state index is 0.0701. The van der Waals surface area contributed by atoms with Gasteiger partial charge in [-0.15, -0.1) is 0 Å². The molecule has 0 N–H and O–H groups in total. The van der Waals surface area contributed by atoms with Gasteiger partial charge < -0.3 is 14.4 Å². The Morgan fingerprint density at radius 2 is 2.00 bits per heavy atom. The molecule has 2 aliphatic rings. The summed E-state index contributed by atoms with van der Waals surface area (Å²) in [6, 6.07) is 6.15. The largest absolute Gasteiger partial charge is 0.434 e. The van der Waals surface area contributed by atoms with E-state index in [1.165, 1.54) is 12.1 Å². The number of para-hydroxylation sites is 1. The number of rotatable bonds is 5. The summed E-state index contributed by atoms with van der Waals surface area (Å²) in [6.45, 7) is 1.48. The SMILES string of the molecule is O=C(c1ccccc1OC(F)F)N1CCN(CC2CCCO2)CC1. The van der Waals surface area contributed by atoms with Crippen LogP contribution in [0.15, 0.2) is 24.3 Å². The lowest BCUT2D eigenvalue weighted by atomic mass is 10.1. The van der Waals surface area contributed by atoms with Gasteiger partial charge in [0.2, 0.25) is 0 Å². The van der Waals surface area contributed by atoms with Gasteiger partial charge in [0.15, 0.2) is 0 Å². The van der Waals surface area contributed by atoms with Crippen LogP contribution in [0.1, 0.15) is 23.2 Å². The molecule has 2 saturated heterocycles. The van der Waals surface area contributed by atoms with Crippen LogP contribution in [0.4, 0.5) is 8.78 Å². The van der Waals surface area contributed by atoms with E-state index in [4.69, 9.17) is 4.74 Å². The number of carbonyl (C=O) groups is 1. The van der Waals surface area contributed by atoms with Gasteiger partial charge in [0, 0.05) is 39.3 Å². The van der Waals surface area contributed by atoms with Crippen molar-refractivity contribution in [2.24, 2.45) is 0 Å². The summed E-state index contributed by atoms with van der Waals surface area (Å²) in [5, 5.41) is 0. The summed E-state index contributed by atoms with van der Waals surface area (Å²) < 4.78 is 35.1. The molecule has 0 aromatic heterocycles. The van der Waals surface area contributed by atoms with E-state index >= 15 is 0 Å². The molecule has 2 heterocycles. The van der Waals surface area contributed by atoms with Crippen molar-refractivity contribution in [3.63, 3.8) is 0 Å². The third-order valence-corrected chi connectivity index (χ3v) is 4.48. The number of benzene rings is 1. The molecular formula is C17H22F2N2O3. The summed E-state index contributed by atoms with van der Waals surface area (Å²) >= 11 is 0. The Labute approximate surface area is 140 Å². The van der Waals surface area contributed by atoms with Crippen LogP contribution in [0, 0.1) is 0 Å². The first-order valence-corrected chi connectivity index (χ1v) is 8.30. The maximum Gasteiger partial charge on any atom is 0.387 e. The molecule has 2 aliphatic heterocycles. The molecule has 3 rings (SSSR count). The smallest absolute Gasteiger partial charge is 0.387 e. The number of nitrogens with zero attached hydrogens (tertiary/aromatic N) is 2. The highest BCUT2D eigenvalue weighted by atomic mass is 19.3. The van der Waals surface area contributed by atoms with E-state index in [1.54, 1.807) is 17.0 Å². The van der Waals surface area contributed by atoms with Crippen molar-refractivity contribution < 1.29 is 23.0 Å². The van der Waals surface area contributed by atoms with E-state index in [-0.39, 0.29) is 17.2 Å². The molecule has 1 atom stereocenters. The quantitative estimate of drug-likeness (QED) is 0.824. The summed E-state index contributed by atoms with van der Waals surface area (Å²) in [4.78, 5) is 16.6. The van der Waals surface area contributed by atoms with E-state index in [0.29, 0.717) is 19.2 Å². The second kappa shape index (κ2) is 7.90. The maximum atomic E-state index is 12.6. The third-order valence-electron chi connectivity index (χ3n) is 4.48. The van der Waals surface area contributed by atoms with E-state index in [0.717, 1.165) is 39.1 Å². The number of alkyl halides is 2. The average Bonchev–Trinajstić information content (AvgIpc) is 3.08. The molecular weight excluding hydrogens is 318 g/mol. The molecule has 0 radical (unpaired) electrons. The van der Waals surface area contributed by atoms with Gasteiger partial charge in [0.1, 0.15) is 5.75 Å². The summed E-state index contributed by atoms with van der Waals surface area (Å²) in [7, 11) is 0. The molecule has 1 amide bonds. The molecule has 24 heavy (non-hydrogen) atoms. The molecule has 0 aliphatic carbocycles. The van der Waals surface area contributed by atoms with E-state index < -0.39 is 6.61 Å². The van der Waals surface area contributed by atoms with E-state index in [2.05, 4.69) is 9.64 Å². The van der Waals surface area contributed by atoms with Crippen LogP contribution >= 0.6 is 0 Å². The number of carbonyl (C=O) groups excluding carboxylic acids is 1. The number of ether oxygens (including phenoxy) is 2. The van der Waals surface area contributed by atoms with Gasteiger partial charge in [-0.25, -0.2) is 0 Å². The molecule has 132 valence electrons. The monoisotopic (exact) mass is 340 g/mol. The van der Waals surface area contributed by atoms with Gasteiger partial charge in [-0.1, -0.05) is 12.1 Å². The molecule has 5 nitrogen and oxygen atoms in total. The zero-order valence-electron chi connectivity index (χ0n) is 13.5. The molecule has 0 saturated carbocycles. The van der Waals surface area contributed by atoms with Crippen molar-refractivity contribution in [3.8, 4) is 5.75 Å². The van der Waals surface area contributed by atoms with Crippen LogP contribution in [0.2, 0.25) is 0 Å². The highest BCUT2D eigenvalue weighted by Gasteiger charge is 2.27. The zero-order chi connectivity index (χ0) is 16.9. The Balaban J connectivity index is 1.57. The topological polar surface area (TPSA) is 42.0 Å². The van der Waals surface area contributed by atoms with Crippen LogP contribution in [0.3, 0.4) is 0 Å². The first kappa shape index (κ1) is 17.1. The first-order chi connectivity index (χ1) is 11.6. The maximum absolute atomic E-state index is 12.6. The number of hydrogen-bond donors (Lipinski definition) is 0. The lowest BCUT2D eigenvalue weighted by Gasteiger charge is -2.35. The molecule has 1 aromatic rings. The van der Waals surface area contributed by atoms with Crippen LogP contribution in [0.5, 0.6) is 5.75 Å². The Bertz CT molecular complexity index is 557. The number of amides is 1. The molecule has 0 bridgehead atoms. The summed E-state index contributed by atoms with van der Waals surface area (Å²) in [6.07, 6.45) is 2.51. The normalized spacial score (nSPS) is 22.1. The van der Waals surface area contributed by atoms with Crippen LogP contribution in [-0.2, 0) is 4.74 Å². The molecule has 2 fully saturated rings. The second-order valence-electron chi connectivity index (χ2n) is 6.10. The van der Waals surface area contributed by atoms with Crippen LogP contribution < -0.4 is 4.74 Å². The van der Waals surface area contributed by atoms with Gasteiger partial charge in [-0.3, -0.25) is 9.69 Å². The van der Waals surface area contributed by atoms with Crippen LogP contribution in [0.25, 0.3) is 0 Å². The Morgan fingerprint density at radius 1 is 1.25 bits per heavy atom. The Morgan fingerprint density at radius 3 is 2.67 bits per heavy atom. The van der Waals surface area contributed by atoms with Gasteiger partial charge in [-0.2, -0.15) is 8.78 Å². The Hall–Kier alpha value is -1.73. The lowest BCUT2D eigenvalue weighted by Crippen LogP contribution is -2.50. The summed E-state index contributed by atoms with van der Waals surface area (Å²) in [5.41, 5.74) is 0.186. The minimum atomic E-state index is -2.94. The fourth-order valence-electron chi connectivity index (χ4n) is 3.22. The van der Waals surface area contributed by atoms with E-state index in [1.807, 2.05) is 0 Å². The van der Waals surface area contributed by atoms with Crippen molar-refractivity contribution >= 4 is 5.91 Å². The molecule has 0 spiro atoms. The fourth-order valence-corrected chi connectivity index (χ4v) is 3.22. The first-order valence-electron chi connectivity index (χ1n) is 8.30. The zero-order valence-corrected chi connectivity index (χ0v) is 13.5. The Kier molecular flexibility index (Phi) is 5.63. The number of halogens is 2. The fraction of sp³-hybridized carbons (Fsp3) is 0.588. The van der Waals surface area contributed by atoms with Gasteiger partial charge >= 0.3 is 6.61 Å². The lowest BCUT2D eigenvalue weighted by molar-refractivity contribution is -0.0503. The van der Waals surface area contributed by atoms with Crippen molar-refractivity contribution in [1.29, 1.82) is 0 Å². The molecule has 1 aromatic carbocycles. The van der Waals surface area contributed by atoms with Gasteiger partial charge in [0.05, 0.1) is 11.7 Å². The third kappa shape index (κ3) is 4.21. The van der Waals surface area contributed by atoms with Crippen molar-refractivity contribution in [1.82, 2.24) is 9.80 Å². The van der Waals surface area contributed by atoms with Crippen LogP contribution in [-0.4, -0.2) is 67.8 Å². The number of piperazine rings is 1. The standard InChI is InChI=1S/C17H22F2N2O3/c18-17(19)24-15-6-2-1-5-14(15)16(22)21-9-7-20(8-10-21)12-13-4-3-11-23-13/h1-2,5-6,13,17H,3-4,7-12H2.